The summed E-state index contributed by atoms with van der Waals surface area (Å²) in [4.78, 5) is 27.2. The van der Waals surface area contributed by atoms with Gasteiger partial charge < -0.3 is 14.9 Å². The van der Waals surface area contributed by atoms with E-state index in [0.29, 0.717) is 30.3 Å². The molecule has 0 aliphatic heterocycles. The molecule has 0 unspecified atom stereocenters. The minimum absolute atomic E-state index is 0.0674. The Morgan fingerprint density at radius 2 is 2.00 bits per heavy atom. The third-order valence-electron chi connectivity index (χ3n) is 4.61. The summed E-state index contributed by atoms with van der Waals surface area (Å²) in [7, 11) is 0. The molecule has 26 heavy (non-hydrogen) atoms. The van der Waals surface area contributed by atoms with Gasteiger partial charge in [0.05, 0.1) is 0 Å². The first-order valence-corrected chi connectivity index (χ1v) is 9.03. The maximum Gasteiger partial charge on any atom is 0.303 e. The highest BCUT2D eigenvalue weighted by atomic mass is 16.5. The molecule has 1 aromatic carbocycles. The fraction of sp³-hybridized carbons (Fsp3) is 0.474. The van der Waals surface area contributed by atoms with Gasteiger partial charge >= 0.3 is 5.97 Å². The molecule has 0 spiro atoms. The Balaban J connectivity index is 1.48. The van der Waals surface area contributed by atoms with Crippen molar-refractivity contribution >= 4 is 17.6 Å². The summed E-state index contributed by atoms with van der Waals surface area (Å²) in [6.07, 6.45) is 5.80. The molecule has 0 bridgehead atoms. The molecular weight excluding hydrogens is 334 g/mol. The summed E-state index contributed by atoms with van der Waals surface area (Å²) in [5.41, 5.74) is 1.54. The molecule has 7 heteroatoms. The number of benzene rings is 1. The monoisotopic (exact) mass is 357 g/mol. The van der Waals surface area contributed by atoms with E-state index in [-0.39, 0.29) is 18.7 Å². The van der Waals surface area contributed by atoms with Crippen LogP contribution in [-0.2, 0) is 22.4 Å². The molecule has 7 nitrogen and oxygen atoms in total. The molecule has 1 aliphatic carbocycles. The van der Waals surface area contributed by atoms with Crippen molar-refractivity contribution in [3.05, 3.63) is 41.5 Å². The number of rotatable bonds is 8. The number of carboxylic acids is 1. The van der Waals surface area contributed by atoms with E-state index in [2.05, 4.69) is 15.5 Å². The number of carbonyl (C=O) groups excluding carboxylic acids is 1. The number of amides is 1. The van der Waals surface area contributed by atoms with Crippen LogP contribution in [-0.4, -0.2) is 27.1 Å². The average Bonchev–Trinajstić information content (AvgIpc) is 3.30. The number of aliphatic carboxylic acids is 1. The van der Waals surface area contributed by atoms with Crippen molar-refractivity contribution in [1.82, 2.24) is 10.1 Å². The Labute approximate surface area is 151 Å². The van der Waals surface area contributed by atoms with E-state index in [4.69, 9.17) is 9.63 Å². The van der Waals surface area contributed by atoms with Crippen LogP contribution in [0.15, 0.2) is 28.8 Å². The van der Waals surface area contributed by atoms with Gasteiger partial charge in [-0.05, 0) is 37.0 Å². The molecule has 1 fully saturated rings. The molecule has 0 saturated heterocycles. The number of aryl methyl sites for hydroxylation is 2. The first-order valence-electron chi connectivity index (χ1n) is 9.03. The quantitative estimate of drug-likeness (QED) is 0.751. The fourth-order valence-electron chi connectivity index (χ4n) is 3.22. The maximum absolute atomic E-state index is 12.1. The van der Waals surface area contributed by atoms with Crippen LogP contribution < -0.4 is 5.32 Å². The molecule has 0 atom stereocenters. The van der Waals surface area contributed by atoms with Gasteiger partial charge in [-0.1, -0.05) is 30.1 Å². The van der Waals surface area contributed by atoms with Crippen LogP contribution in [0.4, 0.5) is 5.69 Å². The Morgan fingerprint density at radius 1 is 1.19 bits per heavy atom. The van der Waals surface area contributed by atoms with Gasteiger partial charge in [0.15, 0.2) is 5.82 Å². The molecule has 1 aliphatic rings. The van der Waals surface area contributed by atoms with E-state index >= 15 is 0 Å². The number of hydrogen-bond acceptors (Lipinski definition) is 5. The average molecular weight is 357 g/mol. The highest BCUT2D eigenvalue weighted by Gasteiger charge is 2.22. The Morgan fingerprint density at radius 3 is 2.77 bits per heavy atom. The highest BCUT2D eigenvalue weighted by molar-refractivity contribution is 5.90. The van der Waals surface area contributed by atoms with Gasteiger partial charge in [0.1, 0.15) is 0 Å². The molecule has 1 aromatic heterocycles. The van der Waals surface area contributed by atoms with Crippen LogP contribution in [0.3, 0.4) is 0 Å². The minimum Gasteiger partial charge on any atom is -0.481 e. The van der Waals surface area contributed by atoms with Crippen LogP contribution in [0.2, 0.25) is 0 Å². The number of carbonyl (C=O) groups is 2. The van der Waals surface area contributed by atoms with E-state index in [1.54, 1.807) is 18.2 Å². The van der Waals surface area contributed by atoms with E-state index in [0.717, 1.165) is 24.2 Å². The number of nitrogens with one attached hydrogen (secondary N) is 1. The summed E-state index contributed by atoms with van der Waals surface area (Å²) in [6.45, 7) is 0. The lowest BCUT2D eigenvalue weighted by atomic mass is 10.1. The lowest BCUT2D eigenvalue weighted by Gasteiger charge is -2.06. The summed E-state index contributed by atoms with van der Waals surface area (Å²) in [5, 5.41) is 15.6. The van der Waals surface area contributed by atoms with Gasteiger partial charge in [-0.2, -0.15) is 4.98 Å². The second kappa shape index (κ2) is 8.60. The summed E-state index contributed by atoms with van der Waals surface area (Å²) >= 11 is 0. The Hall–Kier alpha value is -2.70. The van der Waals surface area contributed by atoms with Crippen LogP contribution in [0, 0.1) is 0 Å². The first kappa shape index (κ1) is 18.1. The number of nitrogens with zero attached hydrogens (tertiary/aromatic N) is 2. The second-order valence-electron chi connectivity index (χ2n) is 6.67. The second-order valence-corrected chi connectivity index (χ2v) is 6.67. The molecule has 138 valence electrons. The molecule has 2 aromatic rings. The van der Waals surface area contributed by atoms with Gasteiger partial charge in [-0.3, -0.25) is 9.59 Å². The zero-order valence-corrected chi connectivity index (χ0v) is 14.6. The van der Waals surface area contributed by atoms with Crippen LogP contribution in [0.25, 0.3) is 0 Å². The predicted octanol–water partition coefficient (Wildman–Crippen LogP) is 3.32. The Bertz CT molecular complexity index is 766. The summed E-state index contributed by atoms with van der Waals surface area (Å²) in [5.74, 6) is 0.688. The largest absolute Gasteiger partial charge is 0.481 e. The van der Waals surface area contributed by atoms with Gasteiger partial charge in [-0.25, -0.2) is 0 Å². The van der Waals surface area contributed by atoms with Gasteiger partial charge in [0.25, 0.3) is 0 Å². The Kier molecular flexibility index (Phi) is 5.99. The maximum atomic E-state index is 12.1. The number of anilines is 1. The molecule has 1 saturated carbocycles. The van der Waals surface area contributed by atoms with Crippen molar-refractivity contribution in [3.8, 4) is 0 Å². The van der Waals surface area contributed by atoms with Crippen molar-refractivity contribution < 1.29 is 19.2 Å². The molecule has 1 amide bonds. The summed E-state index contributed by atoms with van der Waals surface area (Å²) < 4.78 is 5.25. The smallest absolute Gasteiger partial charge is 0.303 e. The normalized spacial score (nSPS) is 14.5. The van der Waals surface area contributed by atoms with Crippen LogP contribution in [0.1, 0.15) is 61.7 Å². The van der Waals surface area contributed by atoms with Crippen molar-refractivity contribution in [2.45, 2.75) is 57.3 Å². The molecular formula is C19H23N3O4. The van der Waals surface area contributed by atoms with Crippen molar-refractivity contribution in [2.75, 3.05) is 5.32 Å². The highest BCUT2D eigenvalue weighted by Crippen LogP contribution is 2.32. The van der Waals surface area contributed by atoms with E-state index in [1.165, 1.54) is 12.8 Å². The molecule has 3 rings (SSSR count). The lowest BCUT2D eigenvalue weighted by Crippen LogP contribution is -2.12. The van der Waals surface area contributed by atoms with Crippen molar-refractivity contribution in [2.24, 2.45) is 0 Å². The van der Waals surface area contributed by atoms with Gasteiger partial charge in [-0.15, -0.1) is 0 Å². The standard InChI is InChI=1S/C19H23N3O4/c23-16(20-15-7-3-4-13(12-15)8-11-18(24)25)9-10-17-21-19(22-26-17)14-5-1-2-6-14/h3-4,7,12,14H,1-2,5-6,8-11H2,(H,20,23)(H,24,25). The molecule has 2 N–H and O–H groups in total. The fourth-order valence-corrected chi connectivity index (χ4v) is 3.22. The lowest BCUT2D eigenvalue weighted by molar-refractivity contribution is -0.137. The SMILES string of the molecule is O=C(O)CCc1cccc(NC(=O)CCc2nc(C3CCCC3)no2)c1. The third-order valence-corrected chi connectivity index (χ3v) is 4.61. The first-order chi connectivity index (χ1) is 12.6. The molecule has 1 heterocycles. The van der Waals surface area contributed by atoms with E-state index in [9.17, 15) is 9.59 Å². The topological polar surface area (TPSA) is 105 Å². The van der Waals surface area contributed by atoms with Gasteiger partial charge in [0, 0.05) is 30.9 Å². The third kappa shape index (κ3) is 5.15. The minimum atomic E-state index is -0.837. The zero-order valence-electron chi connectivity index (χ0n) is 14.6. The van der Waals surface area contributed by atoms with Crippen LogP contribution >= 0.6 is 0 Å². The van der Waals surface area contributed by atoms with Crippen molar-refractivity contribution in [3.63, 3.8) is 0 Å². The number of hydrogen-bond donors (Lipinski definition) is 2. The number of aromatic nitrogens is 2. The van der Waals surface area contributed by atoms with Crippen LogP contribution in [0.5, 0.6) is 0 Å². The number of carboxylic acid groups (broad SMARTS) is 1. The summed E-state index contributed by atoms with van der Waals surface area (Å²) in [6, 6.07) is 7.24. The van der Waals surface area contributed by atoms with E-state index < -0.39 is 5.97 Å². The van der Waals surface area contributed by atoms with Crippen molar-refractivity contribution in [1.29, 1.82) is 0 Å². The predicted molar refractivity (Wildman–Crippen MR) is 94.9 cm³/mol. The molecule has 0 radical (unpaired) electrons. The van der Waals surface area contributed by atoms with E-state index in [1.807, 2.05) is 6.07 Å². The van der Waals surface area contributed by atoms with Gasteiger partial charge in [0.2, 0.25) is 11.8 Å². The zero-order chi connectivity index (χ0) is 18.4.